The molecule has 2 fully saturated rings. The smallest absolute Gasteiger partial charge is 0.338 e. The standard InChI is InChI=1S/C29H34O15/c1-39-18-11-15(7-9-17(18)32)8-10-21(33)42-26-23(35)19(12-30)43-29(26,14-31)44-28-25(37)24(36)22(34)20(41-28)13-40-27(38)16-5-3-2-4-6-16/h2-11,19-20,22-26,28,30-32,34-37H,12-14H2,1H3. The second-order valence-electron chi connectivity index (χ2n) is 10.0. The molecule has 0 radical (unpaired) electrons. The van der Waals surface area contributed by atoms with E-state index in [9.17, 15) is 45.3 Å². The molecular formula is C29H34O15. The van der Waals surface area contributed by atoms with E-state index in [-0.39, 0.29) is 17.1 Å². The Hall–Kier alpha value is -3.64. The molecular weight excluding hydrogens is 588 g/mol. The third-order valence-corrected chi connectivity index (χ3v) is 7.11. The number of aliphatic hydroxyl groups excluding tert-OH is 6. The van der Waals surface area contributed by atoms with Crippen LogP contribution in [0.15, 0.2) is 54.6 Å². The number of aromatic hydroxyl groups is 1. The lowest BCUT2D eigenvalue weighted by Gasteiger charge is -2.43. The van der Waals surface area contributed by atoms with Crippen LogP contribution in [0.4, 0.5) is 0 Å². The van der Waals surface area contributed by atoms with Crippen LogP contribution >= 0.6 is 0 Å². The number of methoxy groups -OCH3 is 1. The summed E-state index contributed by atoms with van der Waals surface area (Å²) in [6.45, 7) is -2.48. The van der Waals surface area contributed by atoms with Crippen molar-refractivity contribution >= 4 is 18.0 Å². The van der Waals surface area contributed by atoms with Gasteiger partial charge in [0.15, 0.2) is 23.9 Å². The average Bonchev–Trinajstić information content (AvgIpc) is 3.30. The van der Waals surface area contributed by atoms with Crippen molar-refractivity contribution in [3.8, 4) is 11.5 Å². The summed E-state index contributed by atoms with van der Waals surface area (Å²) in [4.78, 5) is 25.1. The first-order valence-electron chi connectivity index (χ1n) is 13.5. The summed E-state index contributed by atoms with van der Waals surface area (Å²) in [7, 11) is 1.34. The molecule has 2 aromatic rings. The minimum Gasteiger partial charge on any atom is -0.504 e. The first kappa shape index (κ1) is 33.3. The predicted molar refractivity (Wildman–Crippen MR) is 146 cm³/mol. The van der Waals surface area contributed by atoms with Gasteiger partial charge in [-0.1, -0.05) is 24.3 Å². The van der Waals surface area contributed by atoms with Crippen molar-refractivity contribution in [2.45, 2.75) is 54.8 Å². The number of benzene rings is 2. The molecule has 44 heavy (non-hydrogen) atoms. The van der Waals surface area contributed by atoms with Gasteiger partial charge in [0.1, 0.15) is 49.8 Å². The number of aliphatic hydroxyl groups is 6. The summed E-state index contributed by atoms with van der Waals surface area (Å²) < 4.78 is 32.4. The minimum absolute atomic E-state index is 0.125. The van der Waals surface area contributed by atoms with Gasteiger partial charge < -0.3 is 64.2 Å². The zero-order valence-electron chi connectivity index (χ0n) is 23.4. The SMILES string of the molecule is COc1cc(C=CC(=O)OC2C(O)C(CO)OC2(CO)OC2OC(COC(=O)c3ccccc3)C(O)C(O)C2O)ccc1O. The average molecular weight is 623 g/mol. The highest BCUT2D eigenvalue weighted by atomic mass is 16.8. The summed E-state index contributed by atoms with van der Waals surface area (Å²) in [6, 6.07) is 12.2. The maximum atomic E-state index is 12.7. The maximum Gasteiger partial charge on any atom is 0.338 e. The quantitative estimate of drug-likeness (QED) is 0.111. The number of ether oxygens (including phenoxy) is 6. The first-order valence-corrected chi connectivity index (χ1v) is 13.5. The number of esters is 2. The van der Waals surface area contributed by atoms with E-state index in [0.717, 1.165) is 6.08 Å². The molecule has 0 amide bonds. The molecule has 2 saturated heterocycles. The maximum absolute atomic E-state index is 12.7. The van der Waals surface area contributed by atoms with Crippen LogP contribution in [0.3, 0.4) is 0 Å². The summed E-state index contributed by atoms with van der Waals surface area (Å²) in [5.74, 6) is -4.22. The molecule has 0 saturated carbocycles. The van der Waals surface area contributed by atoms with Crippen molar-refractivity contribution in [1.82, 2.24) is 0 Å². The van der Waals surface area contributed by atoms with Gasteiger partial charge in [0.25, 0.3) is 0 Å². The summed E-state index contributed by atoms with van der Waals surface area (Å²) in [5, 5.41) is 72.1. The Morgan fingerprint density at radius 1 is 0.955 bits per heavy atom. The van der Waals surface area contributed by atoms with Crippen molar-refractivity contribution < 1.29 is 73.8 Å². The predicted octanol–water partition coefficient (Wildman–Crippen LogP) is -1.55. The minimum atomic E-state index is -2.43. The van der Waals surface area contributed by atoms with Gasteiger partial charge >= 0.3 is 11.9 Å². The normalized spacial score (nSPS) is 32.0. The molecule has 0 aliphatic carbocycles. The molecule has 7 N–H and O–H groups in total. The number of carbonyl (C=O) groups excluding carboxylic acids is 2. The monoisotopic (exact) mass is 622 g/mol. The highest BCUT2D eigenvalue weighted by Gasteiger charge is 2.60. The van der Waals surface area contributed by atoms with Crippen LogP contribution in [0, 0.1) is 0 Å². The number of hydrogen-bond donors (Lipinski definition) is 7. The van der Waals surface area contributed by atoms with E-state index in [1.165, 1.54) is 43.5 Å². The van der Waals surface area contributed by atoms with E-state index >= 15 is 0 Å². The Morgan fingerprint density at radius 3 is 2.34 bits per heavy atom. The van der Waals surface area contributed by atoms with Crippen LogP contribution in [0.5, 0.6) is 11.5 Å². The van der Waals surface area contributed by atoms with Crippen molar-refractivity contribution in [2.24, 2.45) is 0 Å². The zero-order chi connectivity index (χ0) is 32.0. The van der Waals surface area contributed by atoms with Crippen LogP contribution in [0.1, 0.15) is 15.9 Å². The highest BCUT2D eigenvalue weighted by molar-refractivity contribution is 5.89. The molecule has 0 bridgehead atoms. The van der Waals surface area contributed by atoms with Crippen LogP contribution in [0.2, 0.25) is 0 Å². The van der Waals surface area contributed by atoms with E-state index in [2.05, 4.69) is 0 Å². The molecule has 0 aromatic heterocycles. The Morgan fingerprint density at radius 2 is 1.68 bits per heavy atom. The van der Waals surface area contributed by atoms with Crippen LogP contribution < -0.4 is 4.74 Å². The van der Waals surface area contributed by atoms with Gasteiger partial charge in [-0.2, -0.15) is 0 Å². The molecule has 2 aliphatic rings. The van der Waals surface area contributed by atoms with Gasteiger partial charge in [-0.25, -0.2) is 9.59 Å². The fourth-order valence-corrected chi connectivity index (χ4v) is 4.70. The molecule has 9 atom stereocenters. The van der Waals surface area contributed by atoms with E-state index in [1.807, 2.05) is 0 Å². The molecule has 4 rings (SSSR count). The largest absolute Gasteiger partial charge is 0.504 e. The van der Waals surface area contributed by atoms with E-state index in [4.69, 9.17) is 28.4 Å². The Balaban J connectivity index is 1.50. The van der Waals surface area contributed by atoms with Crippen molar-refractivity contribution in [3.05, 3.63) is 65.7 Å². The second-order valence-corrected chi connectivity index (χ2v) is 10.0. The Kier molecular flexibility index (Phi) is 10.9. The summed E-state index contributed by atoms with van der Waals surface area (Å²) in [5.41, 5.74) is 0.639. The lowest BCUT2D eigenvalue weighted by Crippen LogP contribution is -2.63. The topological polar surface area (TPSA) is 231 Å². The first-order chi connectivity index (χ1) is 21.0. The summed E-state index contributed by atoms with van der Waals surface area (Å²) >= 11 is 0. The summed E-state index contributed by atoms with van der Waals surface area (Å²) in [6.07, 6.45) is -11.6. The van der Waals surface area contributed by atoms with Gasteiger partial charge in [0.05, 0.1) is 19.3 Å². The fraction of sp³-hybridized carbons (Fsp3) is 0.448. The van der Waals surface area contributed by atoms with Gasteiger partial charge in [-0.15, -0.1) is 0 Å². The number of hydrogen-bond acceptors (Lipinski definition) is 15. The van der Waals surface area contributed by atoms with Crippen LogP contribution in [-0.2, 0) is 28.5 Å². The molecule has 9 unspecified atom stereocenters. The third kappa shape index (κ3) is 7.18. The molecule has 2 heterocycles. The second kappa shape index (κ2) is 14.4. The lowest BCUT2D eigenvalue weighted by atomic mass is 9.98. The molecule has 15 nitrogen and oxygen atoms in total. The Bertz CT molecular complexity index is 1300. The van der Waals surface area contributed by atoms with Crippen molar-refractivity contribution in [2.75, 3.05) is 26.9 Å². The third-order valence-electron chi connectivity index (χ3n) is 7.11. The molecule has 240 valence electrons. The van der Waals surface area contributed by atoms with E-state index in [0.29, 0.717) is 5.56 Å². The number of rotatable bonds is 11. The van der Waals surface area contributed by atoms with E-state index in [1.54, 1.807) is 18.2 Å². The van der Waals surface area contributed by atoms with Gasteiger partial charge in [-0.05, 0) is 35.9 Å². The molecule has 0 spiro atoms. The van der Waals surface area contributed by atoms with Crippen LogP contribution in [-0.4, -0.2) is 129 Å². The molecule has 2 aliphatic heterocycles. The van der Waals surface area contributed by atoms with Crippen LogP contribution in [0.25, 0.3) is 6.08 Å². The Labute approximate surface area is 251 Å². The highest BCUT2D eigenvalue weighted by Crippen LogP contribution is 2.38. The van der Waals surface area contributed by atoms with Gasteiger partial charge in [0, 0.05) is 6.08 Å². The van der Waals surface area contributed by atoms with Gasteiger partial charge in [-0.3, -0.25) is 0 Å². The fourth-order valence-electron chi connectivity index (χ4n) is 4.70. The number of phenols is 1. The van der Waals surface area contributed by atoms with E-state index < -0.39 is 86.6 Å². The number of carbonyl (C=O) groups is 2. The van der Waals surface area contributed by atoms with Gasteiger partial charge in [0.2, 0.25) is 5.79 Å². The number of phenolic OH excluding ortho intramolecular Hbond substituents is 1. The van der Waals surface area contributed by atoms with Crippen molar-refractivity contribution in [1.29, 1.82) is 0 Å². The van der Waals surface area contributed by atoms with Crippen molar-refractivity contribution in [3.63, 3.8) is 0 Å². The molecule has 15 heteroatoms. The zero-order valence-corrected chi connectivity index (χ0v) is 23.4. The lowest BCUT2D eigenvalue weighted by molar-refractivity contribution is -0.383. The molecule has 2 aromatic carbocycles.